The molecule has 2 N–H and O–H groups in total. The molecule has 186 valence electrons. The first kappa shape index (κ1) is 26.6. The smallest absolute Gasteiger partial charge is 0.269 e. The van der Waals surface area contributed by atoms with Crippen LogP contribution in [0, 0.1) is 28.6 Å². The molecule has 0 spiro atoms. The van der Waals surface area contributed by atoms with Crippen molar-refractivity contribution in [3.63, 3.8) is 0 Å². The van der Waals surface area contributed by atoms with E-state index in [0.29, 0.717) is 24.3 Å². The molecule has 1 heterocycles. The number of para-hydroxylation sites is 1. The number of aromatic nitrogens is 1. The van der Waals surface area contributed by atoms with Gasteiger partial charge in [0.05, 0.1) is 12.1 Å². The summed E-state index contributed by atoms with van der Waals surface area (Å²) in [7, 11) is 0. The second-order valence-electron chi connectivity index (χ2n) is 8.06. The number of nitrogens with zero attached hydrogens (tertiary/aromatic N) is 2. The van der Waals surface area contributed by atoms with Gasteiger partial charge in [-0.2, -0.15) is 5.26 Å². The normalized spacial score (nSPS) is 11.2. The quantitative estimate of drug-likeness (QED) is 0.0710. The van der Waals surface area contributed by atoms with Crippen molar-refractivity contribution in [1.29, 1.82) is 5.26 Å². The molecule has 0 atom stereocenters. The molecule has 8 nitrogen and oxygen atoms in total. The molecule has 0 radical (unpaired) electrons. The number of nitriles is 1. The number of halogens is 2. The van der Waals surface area contributed by atoms with Crippen LogP contribution in [-0.2, 0) is 17.8 Å². The van der Waals surface area contributed by atoms with Crippen molar-refractivity contribution in [2.45, 2.75) is 13.0 Å². The Kier molecular flexibility index (Phi) is 8.78. The molecule has 4 rings (SSSR count). The van der Waals surface area contributed by atoms with Gasteiger partial charge in [0.2, 0.25) is 0 Å². The van der Waals surface area contributed by atoms with Crippen LogP contribution in [0.5, 0.6) is 5.75 Å². The first-order valence-electron chi connectivity index (χ1n) is 11.2. The number of rotatable bonds is 9. The second-order valence-corrected chi connectivity index (χ2v) is 10.4. The van der Waals surface area contributed by atoms with Gasteiger partial charge in [-0.15, -0.1) is 0 Å². The zero-order valence-corrected chi connectivity index (χ0v) is 23.6. The number of fused-ring (bicyclic) bond motifs is 1. The van der Waals surface area contributed by atoms with Crippen molar-refractivity contribution in [2.75, 3.05) is 6.54 Å². The van der Waals surface area contributed by atoms with Crippen molar-refractivity contribution in [1.82, 2.24) is 10.3 Å². The maximum atomic E-state index is 12.7. The van der Waals surface area contributed by atoms with Gasteiger partial charge in [0, 0.05) is 35.8 Å². The van der Waals surface area contributed by atoms with Gasteiger partial charge in [0.1, 0.15) is 24.0 Å². The fourth-order valence-electron chi connectivity index (χ4n) is 3.73. The monoisotopic (exact) mass is 718 g/mol. The molecule has 0 aliphatic heterocycles. The molecule has 0 saturated heterocycles. The van der Waals surface area contributed by atoms with Crippen LogP contribution in [0.4, 0.5) is 5.69 Å². The number of benzene rings is 3. The van der Waals surface area contributed by atoms with Crippen molar-refractivity contribution in [3.8, 4) is 11.8 Å². The van der Waals surface area contributed by atoms with Gasteiger partial charge in [0.15, 0.2) is 0 Å². The fourth-order valence-corrected chi connectivity index (χ4v) is 5.86. The number of H-pyrrole nitrogens is 1. The molecule has 0 saturated carbocycles. The van der Waals surface area contributed by atoms with Gasteiger partial charge in [-0.3, -0.25) is 14.9 Å². The number of hydrogen-bond donors (Lipinski definition) is 2. The Morgan fingerprint density at radius 1 is 1.14 bits per heavy atom. The van der Waals surface area contributed by atoms with E-state index in [-0.39, 0.29) is 17.9 Å². The number of hydrogen-bond acceptors (Lipinski definition) is 5. The third-order valence-corrected chi connectivity index (χ3v) is 7.18. The first-order chi connectivity index (χ1) is 17.9. The molecular weight excluding hydrogens is 698 g/mol. The zero-order valence-electron chi connectivity index (χ0n) is 19.3. The summed E-state index contributed by atoms with van der Waals surface area (Å²) in [5, 5.41) is 24.4. The second kappa shape index (κ2) is 12.2. The van der Waals surface area contributed by atoms with Crippen molar-refractivity contribution in [3.05, 3.63) is 106 Å². The number of carbonyl (C=O) groups is 1. The van der Waals surface area contributed by atoms with E-state index in [2.05, 4.69) is 55.5 Å². The Morgan fingerprint density at radius 3 is 2.51 bits per heavy atom. The van der Waals surface area contributed by atoms with E-state index in [4.69, 9.17) is 4.74 Å². The number of nitro benzene ring substituents is 1. The van der Waals surface area contributed by atoms with E-state index < -0.39 is 10.8 Å². The SMILES string of the molecule is N#C/C(=C/c1cc(I)c(OCc2ccc([N+](=O)[O-])cc2)c(I)c1)C(=O)NCCc1c[nH]c2ccccc12. The van der Waals surface area contributed by atoms with E-state index in [9.17, 15) is 20.2 Å². The predicted octanol–water partition coefficient (Wildman–Crippen LogP) is 6.13. The summed E-state index contributed by atoms with van der Waals surface area (Å²) in [5.41, 5.74) is 3.71. The average molecular weight is 718 g/mol. The summed E-state index contributed by atoms with van der Waals surface area (Å²) in [6.45, 7) is 0.658. The van der Waals surface area contributed by atoms with E-state index >= 15 is 0 Å². The Hall–Kier alpha value is -3.44. The molecule has 1 amide bonds. The highest BCUT2D eigenvalue weighted by atomic mass is 127. The van der Waals surface area contributed by atoms with E-state index in [0.717, 1.165) is 29.2 Å². The van der Waals surface area contributed by atoms with Crippen LogP contribution in [0.15, 0.2) is 72.4 Å². The van der Waals surface area contributed by atoms with E-state index in [1.54, 1.807) is 18.2 Å². The summed E-state index contributed by atoms with van der Waals surface area (Å²) < 4.78 is 7.58. The van der Waals surface area contributed by atoms with Crippen molar-refractivity contribution >= 4 is 73.8 Å². The van der Waals surface area contributed by atoms with E-state index in [1.807, 2.05) is 48.7 Å². The maximum Gasteiger partial charge on any atom is 0.269 e. The van der Waals surface area contributed by atoms with Crippen molar-refractivity contribution < 1.29 is 14.5 Å². The molecule has 0 aliphatic rings. The topological polar surface area (TPSA) is 121 Å². The number of carbonyl (C=O) groups excluding carboxylic acids is 1. The number of amides is 1. The lowest BCUT2D eigenvalue weighted by molar-refractivity contribution is -0.384. The van der Waals surface area contributed by atoms with Crippen LogP contribution in [-0.4, -0.2) is 22.4 Å². The summed E-state index contributed by atoms with van der Waals surface area (Å²) in [6, 6.07) is 19.8. The lowest BCUT2D eigenvalue weighted by Crippen LogP contribution is -2.26. The maximum absolute atomic E-state index is 12.7. The largest absolute Gasteiger partial charge is 0.487 e. The number of non-ortho nitro benzene ring substituents is 1. The van der Waals surface area contributed by atoms with Crippen LogP contribution < -0.4 is 10.1 Å². The molecule has 1 aromatic heterocycles. The molecule has 0 fully saturated rings. The molecule has 4 aromatic rings. The molecule has 0 aliphatic carbocycles. The lowest BCUT2D eigenvalue weighted by Gasteiger charge is -2.12. The summed E-state index contributed by atoms with van der Waals surface area (Å²) in [6.07, 6.45) is 4.14. The minimum absolute atomic E-state index is 0.0186. The van der Waals surface area contributed by atoms with Crippen LogP contribution in [0.3, 0.4) is 0 Å². The summed E-state index contributed by atoms with van der Waals surface area (Å²) >= 11 is 4.29. The molecule has 0 unspecified atom stereocenters. The third kappa shape index (κ3) is 6.66. The molecule has 37 heavy (non-hydrogen) atoms. The average Bonchev–Trinajstić information content (AvgIpc) is 3.30. The van der Waals surface area contributed by atoms with Gasteiger partial charge >= 0.3 is 0 Å². The fraction of sp³-hybridized carbons (Fsp3) is 0.111. The predicted molar refractivity (Wildman–Crippen MR) is 158 cm³/mol. The Bertz CT molecular complexity index is 1520. The Morgan fingerprint density at radius 2 is 1.84 bits per heavy atom. The van der Waals surface area contributed by atoms with Gasteiger partial charge in [-0.05, 0) is 105 Å². The third-order valence-electron chi connectivity index (χ3n) is 5.58. The molecular formula is C27H20I2N4O4. The number of aromatic amines is 1. The summed E-state index contributed by atoms with van der Waals surface area (Å²) in [4.78, 5) is 26.2. The number of nitro groups is 1. The number of ether oxygens (including phenoxy) is 1. The van der Waals surface area contributed by atoms with Crippen molar-refractivity contribution in [2.24, 2.45) is 0 Å². The minimum atomic E-state index is -0.442. The van der Waals surface area contributed by atoms with Gasteiger partial charge < -0.3 is 15.0 Å². The molecule has 0 bridgehead atoms. The molecule has 3 aromatic carbocycles. The van der Waals surface area contributed by atoms with Gasteiger partial charge in [-0.25, -0.2) is 0 Å². The first-order valence-corrected chi connectivity index (χ1v) is 13.3. The van der Waals surface area contributed by atoms with Crippen LogP contribution in [0.1, 0.15) is 16.7 Å². The highest BCUT2D eigenvalue weighted by Crippen LogP contribution is 2.30. The number of nitrogens with one attached hydrogen (secondary N) is 2. The highest BCUT2D eigenvalue weighted by molar-refractivity contribution is 14.1. The van der Waals surface area contributed by atoms with Gasteiger partial charge in [0.25, 0.3) is 11.6 Å². The van der Waals surface area contributed by atoms with Crippen LogP contribution in [0.25, 0.3) is 17.0 Å². The summed E-state index contributed by atoms with van der Waals surface area (Å²) in [5.74, 6) is 0.240. The van der Waals surface area contributed by atoms with Crippen LogP contribution in [0.2, 0.25) is 0 Å². The zero-order chi connectivity index (χ0) is 26.4. The Balaban J connectivity index is 1.39. The van der Waals surface area contributed by atoms with Gasteiger partial charge in [-0.1, -0.05) is 18.2 Å². The van der Waals surface area contributed by atoms with Crippen LogP contribution >= 0.6 is 45.2 Å². The van der Waals surface area contributed by atoms with E-state index in [1.165, 1.54) is 12.1 Å². The standard InChI is InChI=1S/C27H20I2N4O4/c28-23-12-18(13-24(29)26(23)37-16-17-5-7-21(8-6-17)33(35)36)11-20(14-30)27(34)31-10-9-19-15-32-25-4-2-1-3-22(19)25/h1-8,11-13,15,32H,9-10,16H2,(H,31,34)/b20-11-. The highest BCUT2D eigenvalue weighted by Gasteiger charge is 2.13. The minimum Gasteiger partial charge on any atom is -0.487 e. The molecule has 10 heteroatoms. The Labute approximate surface area is 240 Å². The lowest BCUT2D eigenvalue weighted by atomic mass is 10.1.